The maximum atomic E-state index is 12.8. The molecule has 0 aliphatic heterocycles. The minimum absolute atomic E-state index is 0.200. The van der Waals surface area contributed by atoms with Gasteiger partial charge in [0.2, 0.25) is 0 Å². The maximum Gasteiger partial charge on any atom is 0.123 e. The Morgan fingerprint density at radius 2 is 1.74 bits per heavy atom. The second-order valence-electron chi connectivity index (χ2n) is 4.70. The average Bonchev–Trinajstić information content (AvgIpc) is 2.80. The van der Waals surface area contributed by atoms with Gasteiger partial charge in [0.25, 0.3) is 0 Å². The fraction of sp³-hybridized carbons (Fsp3) is 0.333. The smallest absolute Gasteiger partial charge is 0.123 e. The lowest BCUT2D eigenvalue weighted by molar-refractivity contribution is 0.283. The van der Waals surface area contributed by atoms with Gasteiger partial charge in [0.1, 0.15) is 17.3 Å². The van der Waals surface area contributed by atoms with Crippen LogP contribution in [0.3, 0.4) is 0 Å². The standard InChI is InChI=1S/C15H19FN2O/c1-17-9-14-7-8-15(19-14)11-18(2)10-12-3-5-13(16)6-4-12/h3-8,17H,9-11H2,1-2H3. The molecule has 2 rings (SSSR count). The number of hydrogen-bond acceptors (Lipinski definition) is 3. The first kappa shape index (κ1) is 13.8. The molecule has 0 unspecified atom stereocenters. The number of nitrogens with one attached hydrogen (secondary N) is 1. The summed E-state index contributed by atoms with van der Waals surface area (Å²) >= 11 is 0. The normalized spacial score (nSPS) is 11.2. The van der Waals surface area contributed by atoms with E-state index < -0.39 is 0 Å². The molecule has 0 amide bonds. The van der Waals surface area contributed by atoms with Gasteiger partial charge in [-0.2, -0.15) is 0 Å². The third-order valence-corrected chi connectivity index (χ3v) is 2.86. The van der Waals surface area contributed by atoms with Crippen molar-refractivity contribution < 1.29 is 8.81 Å². The van der Waals surface area contributed by atoms with Gasteiger partial charge in [-0.25, -0.2) is 4.39 Å². The highest BCUT2D eigenvalue weighted by molar-refractivity contribution is 5.16. The largest absolute Gasteiger partial charge is 0.463 e. The first-order valence-corrected chi connectivity index (χ1v) is 6.32. The Morgan fingerprint density at radius 1 is 1.05 bits per heavy atom. The summed E-state index contributed by atoms with van der Waals surface area (Å²) < 4.78 is 18.5. The highest BCUT2D eigenvalue weighted by atomic mass is 19.1. The number of nitrogens with zero attached hydrogens (tertiary/aromatic N) is 1. The number of rotatable bonds is 6. The first-order chi connectivity index (χ1) is 9.17. The minimum atomic E-state index is -0.200. The number of furan rings is 1. The molecule has 0 saturated carbocycles. The zero-order valence-electron chi connectivity index (χ0n) is 11.3. The lowest BCUT2D eigenvalue weighted by Crippen LogP contribution is -2.16. The van der Waals surface area contributed by atoms with Crippen molar-refractivity contribution in [3.8, 4) is 0 Å². The second-order valence-corrected chi connectivity index (χ2v) is 4.70. The summed E-state index contributed by atoms with van der Waals surface area (Å²) in [6.45, 7) is 2.24. The molecule has 4 heteroatoms. The number of hydrogen-bond donors (Lipinski definition) is 1. The summed E-state index contributed by atoms with van der Waals surface area (Å²) in [6, 6.07) is 10.6. The number of halogens is 1. The molecule has 0 atom stereocenters. The van der Waals surface area contributed by atoms with Gasteiger partial charge in [-0.15, -0.1) is 0 Å². The van der Waals surface area contributed by atoms with E-state index in [9.17, 15) is 4.39 Å². The minimum Gasteiger partial charge on any atom is -0.463 e. The molecule has 0 radical (unpaired) electrons. The molecule has 0 fully saturated rings. The van der Waals surface area contributed by atoms with E-state index in [0.29, 0.717) is 0 Å². The van der Waals surface area contributed by atoms with Crippen molar-refractivity contribution in [2.24, 2.45) is 0 Å². The van der Waals surface area contributed by atoms with Crippen LogP contribution in [-0.4, -0.2) is 19.0 Å². The molecule has 19 heavy (non-hydrogen) atoms. The molecule has 102 valence electrons. The van der Waals surface area contributed by atoms with Gasteiger partial charge < -0.3 is 9.73 Å². The van der Waals surface area contributed by atoms with E-state index in [1.54, 1.807) is 12.1 Å². The Bertz CT molecular complexity index is 507. The Balaban J connectivity index is 1.89. The fourth-order valence-corrected chi connectivity index (χ4v) is 2.00. The summed E-state index contributed by atoms with van der Waals surface area (Å²) in [6.07, 6.45) is 0. The lowest BCUT2D eigenvalue weighted by atomic mass is 10.2. The molecular weight excluding hydrogens is 243 g/mol. The Morgan fingerprint density at radius 3 is 2.42 bits per heavy atom. The van der Waals surface area contributed by atoms with Crippen molar-refractivity contribution in [2.45, 2.75) is 19.6 Å². The molecule has 2 aromatic rings. The highest BCUT2D eigenvalue weighted by Gasteiger charge is 2.06. The Labute approximate surface area is 113 Å². The Kier molecular flexibility index (Phi) is 4.71. The van der Waals surface area contributed by atoms with E-state index in [4.69, 9.17) is 4.42 Å². The molecule has 1 aromatic heterocycles. The van der Waals surface area contributed by atoms with Crippen LogP contribution in [0.5, 0.6) is 0 Å². The van der Waals surface area contributed by atoms with Gasteiger partial charge in [0.15, 0.2) is 0 Å². The quantitative estimate of drug-likeness (QED) is 0.867. The van der Waals surface area contributed by atoms with Crippen LogP contribution in [0.4, 0.5) is 4.39 Å². The average molecular weight is 262 g/mol. The topological polar surface area (TPSA) is 28.4 Å². The van der Waals surface area contributed by atoms with Crippen molar-refractivity contribution in [1.82, 2.24) is 10.2 Å². The molecule has 0 bridgehead atoms. The molecule has 0 saturated heterocycles. The SMILES string of the molecule is CNCc1ccc(CN(C)Cc2ccc(F)cc2)o1. The highest BCUT2D eigenvalue weighted by Crippen LogP contribution is 2.12. The third kappa shape index (κ3) is 4.19. The summed E-state index contributed by atoms with van der Waals surface area (Å²) in [5.74, 6) is 1.68. The van der Waals surface area contributed by atoms with E-state index in [-0.39, 0.29) is 5.82 Å². The van der Waals surface area contributed by atoms with Crippen LogP contribution in [-0.2, 0) is 19.6 Å². The summed E-state index contributed by atoms with van der Waals surface area (Å²) in [5.41, 5.74) is 1.09. The summed E-state index contributed by atoms with van der Waals surface area (Å²) in [5, 5.41) is 3.05. The summed E-state index contributed by atoms with van der Waals surface area (Å²) in [4.78, 5) is 2.13. The van der Waals surface area contributed by atoms with Crippen molar-refractivity contribution in [3.63, 3.8) is 0 Å². The van der Waals surface area contributed by atoms with E-state index >= 15 is 0 Å². The second kappa shape index (κ2) is 6.50. The van der Waals surface area contributed by atoms with Crippen LogP contribution in [0.15, 0.2) is 40.8 Å². The van der Waals surface area contributed by atoms with Gasteiger partial charge in [-0.05, 0) is 43.9 Å². The van der Waals surface area contributed by atoms with E-state index in [0.717, 1.165) is 36.7 Å². The fourth-order valence-electron chi connectivity index (χ4n) is 2.00. The van der Waals surface area contributed by atoms with E-state index in [2.05, 4.69) is 10.2 Å². The van der Waals surface area contributed by atoms with Crippen molar-refractivity contribution in [2.75, 3.05) is 14.1 Å². The predicted octanol–water partition coefficient (Wildman–Crippen LogP) is 2.77. The van der Waals surface area contributed by atoms with Crippen LogP contribution in [0.1, 0.15) is 17.1 Å². The van der Waals surface area contributed by atoms with Crippen molar-refractivity contribution in [3.05, 3.63) is 59.3 Å². The zero-order chi connectivity index (χ0) is 13.7. The molecule has 3 nitrogen and oxygen atoms in total. The van der Waals surface area contributed by atoms with Gasteiger partial charge in [-0.3, -0.25) is 4.90 Å². The number of benzene rings is 1. The monoisotopic (exact) mass is 262 g/mol. The zero-order valence-corrected chi connectivity index (χ0v) is 11.3. The van der Waals surface area contributed by atoms with Crippen LogP contribution >= 0.6 is 0 Å². The van der Waals surface area contributed by atoms with E-state index in [1.807, 2.05) is 26.2 Å². The van der Waals surface area contributed by atoms with Gasteiger partial charge in [-0.1, -0.05) is 12.1 Å². The van der Waals surface area contributed by atoms with E-state index in [1.165, 1.54) is 12.1 Å². The maximum absolute atomic E-state index is 12.8. The van der Waals surface area contributed by atoms with Crippen molar-refractivity contribution >= 4 is 0 Å². The predicted molar refractivity (Wildman–Crippen MR) is 73.0 cm³/mol. The molecular formula is C15H19FN2O. The van der Waals surface area contributed by atoms with Gasteiger partial charge in [0, 0.05) is 6.54 Å². The molecule has 1 aromatic carbocycles. The first-order valence-electron chi connectivity index (χ1n) is 6.32. The van der Waals surface area contributed by atoms with Crippen LogP contribution in [0, 0.1) is 5.82 Å². The molecule has 0 aliphatic rings. The van der Waals surface area contributed by atoms with Crippen LogP contribution < -0.4 is 5.32 Å². The molecule has 1 heterocycles. The van der Waals surface area contributed by atoms with Crippen LogP contribution in [0.25, 0.3) is 0 Å². The summed E-state index contributed by atoms with van der Waals surface area (Å²) in [7, 11) is 3.91. The molecule has 1 N–H and O–H groups in total. The van der Waals surface area contributed by atoms with Crippen LogP contribution in [0.2, 0.25) is 0 Å². The van der Waals surface area contributed by atoms with Crippen molar-refractivity contribution in [1.29, 1.82) is 0 Å². The Hall–Kier alpha value is -1.65. The lowest BCUT2D eigenvalue weighted by Gasteiger charge is -2.15. The third-order valence-electron chi connectivity index (χ3n) is 2.86. The molecule has 0 aliphatic carbocycles. The van der Waals surface area contributed by atoms with Gasteiger partial charge in [0.05, 0.1) is 13.1 Å². The van der Waals surface area contributed by atoms with Gasteiger partial charge >= 0.3 is 0 Å². The molecule has 0 spiro atoms.